The lowest BCUT2D eigenvalue weighted by Crippen LogP contribution is -2.43. The molecule has 1 fully saturated rings. The summed E-state index contributed by atoms with van der Waals surface area (Å²) in [6, 6.07) is 1.57. The molecule has 1 aliphatic rings. The molecule has 3 heterocycles. The van der Waals surface area contributed by atoms with E-state index in [4.69, 9.17) is 8.83 Å². The summed E-state index contributed by atoms with van der Waals surface area (Å²) in [5, 5.41) is 18.3. The largest absolute Gasteiger partial charge is 0.466 e. The summed E-state index contributed by atoms with van der Waals surface area (Å²) in [5.74, 6) is 2.23. The van der Waals surface area contributed by atoms with Crippen molar-refractivity contribution in [2.45, 2.75) is 46.4 Å². The highest BCUT2D eigenvalue weighted by Crippen LogP contribution is 2.23. The molecule has 0 saturated carbocycles. The van der Waals surface area contributed by atoms with Crippen LogP contribution < -0.4 is 0 Å². The van der Waals surface area contributed by atoms with E-state index in [0.29, 0.717) is 55.0 Å². The van der Waals surface area contributed by atoms with Crippen LogP contribution in [0.15, 0.2) is 14.9 Å². The number of carbonyl (C=O) groups excluding carboxylic acids is 1. The van der Waals surface area contributed by atoms with Gasteiger partial charge in [0.1, 0.15) is 11.5 Å². The monoisotopic (exact) mass is 348 g/mol. The lowest BCUT2D eigenvalue weighted by atomic mass is 10.2. The van der Waals surface area contributed by atoms with Crippen molar-refractivity contribution < 1.29 is 18.7 Å². The number of furan rings is 1. The van der Waals surface area contributed by atoms with Gasteiger partial charge in [0, 0.05) is 20.0 Å². The number of hydrogen-bond acceptors (Lipinski definition) is 7. The van der Waals surface area contributed by atoms with E-state index in [-0.39, 0.29) is 11.9 Å². The highest BCUT2D eigenvalue weighted by Gasteiger charge is 2.38. The highest BCUT2D eigenvalue weighted by molar-refractivity contribution is 5.95. The second-order valence-corrected chi connectivity index (χ2v) is 6.45. The van der Waals surface area contributed by atoms with E-state index in [1.807, 2.05) is 13.8 Å². The van der Waals surface area contributed by atoms with E-state index in [1.54, 1.807) is 24.8 Å². The average Bonchev–Trinajstić information content (AvgIpc) is 3.24. The number of aliphatic hydroxyl groups excluding tert-OH is 1. The zero-order valence-electron chi connectivity index (χ0n) is 15.0. The fraction of sp³-hybridized carbons (Fsp3) is 0.588. The third-order valence-corrected chi connectivity index (χ3v) is 4.60. The zero-order chi connectivity index (χ0) is 18.1. The van der Waals surface area contributed by atoms with Gasteiger partial charge in [0.05, 0.1) is 24.3 Å². The molecule has 0 bridgehead atoms. The minimum Gasteiger partial charge on any atom is -0.466 e. The standard InChI is InChI=1S/C17H24N4O4/c1-5-20(9-16-19-18-12(4)25-16)14-7-21(8-15(14)22)17(23)13-6-10(2)24-11(13)3/h6,14-15,22H,5,7-9H2,1-4H3/t14-,15-/m1/s1. The molecule has 0 spiro atoms. The smallest absolute Gasteiger partial charge is 0.257 e. The molecule has 8 nitrogen and oxygen atoms in total. The number of likely N-dealkylation sites (tertiary alicyclic amines) is 1. The maximum absolute atomic E-state index is 12.7. The predicted molar refractivity (Wildman–Crippen MR) is 89.0 cm³/mol. The maximum atomic E-state index is 12.7. The molecule has 1 N–H and O–H groups in total. The number of carbonyl (C=O) groups is 1. The third-order valence-electron chi connectivity index (χ3n) is 4.60. The molecular formula is C17H24N4O4. The number of likely N-dealkylation sites (N-methyl/N-ethyl adjacent to an activating group) is 1. The topological polar surface area (TPSA) is 95.8 Å². The second kappa shape index (κ2) is 6.97. The lowest BCUT2D eigenvalue weighted by molar-refractivity contribution is 0.0742. The number of β-amino-alcohol motifs (C(OH)–C–C–N with tert-alkyl or cyclic N) is 1. The highest BCUT2D eigenvalue weighted by atomic mass is 16.4. The van der Waals surface area contributed by atoms with Gasteiger partial charge in [0.25, 0.3) is 5.91 Å². The molecule has 1 amide bonds. The first-order valence-corrected chi connectivity index (χ1v) is 8.46. The molecule has 136 valence electrons. The summed E-state index contributed by atoms with van der Waals surface area (Å²) in [5.41, 5.74) is 0.556. The molecule has 0 radical (unpaired) electrons. The van der Waals surface area contributed by atoms with E-state index < -0.39 is 6.10 Å². The number of hydrogen-bond donors (Lipinski definition) is 1. The first-order valence-electron chi connectivity index (χ1n) is 8.46. The Kier molecular flexibility index (Phi) is 4.91. The van der Waals surface area contributed by atoms with Crippen molar-refractivity contribution in [1.82, 2.24) is 20.0 Å². The summed E-state index contributed by atoms with van der Waals surface area (Å²) in [6.07, 6.45) is -0.624. The van der Waals surface area contributed by atoms with Crippen molar-refractivity contribution in [3.63, 3.8) is 0 Å². The molecule has 2 aromatic rings. The number of aliphatic hydroxyl groups is 1. The van der Waals surface area contributed by atoms with Gasteiger partial charge in [-0.15, -0.1) is 10.2 Å². The fourth-order valence-corrected chi connectivity index (χ4v) is 3.35. The molecule has 1 aliphatic heterocycles. The molecule has 25 heavy (non-hydrogen) atoms. The van der Waals surface area contributed by atoms with Gasteiger partial charge in [-0.05, 0) is 26.5 Å². The van der Waals surface area contributed by atoms with Crippen molar-refractivity contribution in [3.05, 3.63) is 34.9 Å². The summed E-state index contributed by atoms with van der Waals surface area (Å²) in [4.78, 5) is 16.5. The van der Waals surface area contributed by atoms with E-state index >= 15 is 0 Å². The molecule has 3 rings (SSSR count). The minimum atomic E-state index is -0.624. The van der Waals surface area contributed by atoms with Gasteiger partial charge in [-0.3, -0.25) is 9.69 Å². The molecule has 0 aromatic carbocycles. The van der Waals surface area contributed by atoms with E-state index in [0.717, 1.165) is 0 Å². The Bertz CT molecular complexity index is 754. The molecule has 2 aromatic heterocycles. The number of aryl methyl sites for hydroxylation is 3. The van der Waals surface area contributed by atoms with Crippen LogP contribution in [-0.4, -0.2) is 62.8 Å². The van der Waals surface area contributed by atoms with E-state index in [9.17, 15) is 9.90 Å². The van der Waals surface area contributed by atoms with Crippen molar-refractivity contribution >= 4 is 5.91 Å². The van der Waals surface area contributed by atoms with E-state index in [2.05, 4.69) is 15.1 Å². The quantitative estimate of drug-likeness (QED) is 0.870. The van der Waals surface area contributed by atoms with Crippen LogP contribution in [0.4, 0.5) is 0 Å². The normalized spacial score (nSPS) is 20.6. The van der Waals surface area contributed by atoms with Crippen molar-refractivity contribution in [2.24, 2.45) is 0 Å². The Morgan fingerprint density at radius 3 is 2.64 bits per heavy atom. The SMILES string of the molecule is CCN(Cc1nnc(C)o1)[C@@H]1CN(C(=O)c2cc(C)oc2C)C[C@H]1O. The van der Waals surface area contributed by atoms with Crippen LogP contribution in [0.1, 0.15) is 40.6 Å². The summed E-state index contributed by atoms with van der Waals surface area (Å²) < 4.78 is 10.9. The van der Waals surface area contributed by atoms with Crippen LogP contribution in [0.3, 0.4) is 0 Å². The Hall–Kier alpha value is -2.19. The van der Waals surface area contributed by atoms with Crippen LogP contribution in [0, 0.1) is 20.8 Å². The maximum Gasteiger partial charge on any atom is 0.257 e. The zero-order valence-corrected chi connectivity index (χ0v) is 15.0. The Labute approximate surface area is 146 Å². The number of nitrogens with zero attached hydrogens (tertiary/aromatic N) is 4. The minimum absolute atomic E-state index is 0.111. The van der Waals surface area contributed by atoms with Gasteiger partial charge in [-0.2, -0.15) is 0 Å². The Morgan fingerprint density at radius 2 is 2.08 bits per heavy atom. The average molecular weight is 348 g/mol. The van der Waals surface area contributed by atoms with Gasteiger partial charge < -0.3 is 18.8 Å². The predicted octanol–water partition coefficient (Wildman–Crippen LogP) is 1.30. The Morgan fingerprint density at radius 1 is 1.32 bits per heavy atom. The summed E-state index contributed by atoms with van der Waals surface area (Å²) in [6.45, 7) is 9.24. The van der Waals surface area contributed by atoms with Crippen LogP contribution in [-0.2, 0) is 6.54 Å². The van der Waals surface area contributed by atoms with Gasteiger partial charge in [-0.25, -0.2) is 0 Å². The first-order chi connectivity index (χ1) is 11.9. The van der Waals surface area contributed by atoms with Crippen molar-refractivity contribution in [3.8, 4) is 0 Å². The molecule has 2 atom stereocenters. The van der Waals surface area contributed by atoms with Crippen LogP contribution in [0.5, 0.6) is 0 Å². The first kappa shape index (κ1) is 17.6. The molecular weight excluding hydrogens is 324 g/mol. The van der Waals surface area contributed by atoms with Gasteiger partial charge >= 0.3 is 0 Å². The van der Waals surface area contributed by atoms with Gasteiger partial charge in [0.15, 0.2) is 0 Å². The summed E-state index contributed by atoms with van der Waals surface area (Å²) >= 11 is 0. The summed E-state index contributed by atoms with van der Waals surface area (Å²) in [7, 11) is 0. The van der Waals surface area contributed by atoms with Gasteiger partial charge in [-0.1, -0.05) is 6.92 Å². The fourth-order valence-electron chi connectivity index (χ4n) is 3.35. The number of aromatic nitrogens is 2. The van der Waals surface area contributed by atoms with Crippen molar-refractivity contribution in [2.75, 3.05) is 19.6 Å². The molecule has 0 aliphatic carbocycles. The van der Waals surface area contributed by atoms with Crippen molar-refractivity contribution in [1.29, 1.82) is 0 Å². The van der Waals surface area contributed by atoms with Gasteiger partial charge in [0.2, 0.25) is 11.8 Å². The number of amides is 1. The van der Waals surface area contributed by atoms with E-state index in [1.165, 1.54) is 0 Å². The lowest BCUT2D eigenvalue weighted by Gasteiger charge is -2.27. The van der Waals surface area contributed by atoms with Crippen LogP contribution >= 0.6 is 0 Å². The van der Waals surface area contributed by atoms with Crippen LogP contribution in [0.25, 0.3) is 0 Å². The van der Waals surface area contributed by atoms with Crippen LogP contribution in [0.2, 0.25) is 0 Å². The molecule has 1 saturated heterocycles. The molecule has 8 heteroatoms. The number of rotatable bonds is 5. The third kappa shape index (κ3) is 3.59. The Balaban J connectivity index is 1.71. The second-order valence-electron chi connectivity index (χ2n) is 6.45. The molecule has 0 unspecified atom stereocenters.